The van der Waals surface area contributed by atoms with Gasteiger partial charge in [-0.1, -0.05) is 18.2 Å². The van der Waals surface area contributed by atoms with Crippen LogP contribution >= 0.6 is 0 Å². The highest BCUT2D eigenvalue weighted by Crippen LogP contribution is 2.32. The number of aromatic hydroxyl groups is 2. The number of carbonyl (C=O) groups is 1. The Kier molecular flexibility index (Phi) is 4.67. The molecule has 2 N–H and O–H groups in total. The highest BCUT2D eigenvalue weighted by molar-refractivity contribution is 5.93. The third-order valence-corrected chi connectivity index (χ3v) is 4.13. The Labute approximate surface area is 151 Å². The van der Waals surface area contributed by atoms with Gasteiger partial charge in [-0.3, -0.25) is 0 Å². The monoisotopic (exact) mass is 352 g/mol. The van der Waals surface area contributed by atoms with Crippen LogP contribution < -0.4 is 0 Å². The number of aryl methyl sites for hydroxylation is 3. The van der Waals surface area contributed by atoms with Gasteiger partial charge in [-0.15, -0.1) is 0 Å². The van der Waals surface area contributed by atoms with Crippen LogP contribution in [0.4, 0.5) is 0 Å². The third-order valence-electron chi connectivity index (χ3n) is 4.13. The SMILES string of the molecule is Cc1cc(C)n(-c2ccc(COC(=O)c3ccc(C)c(O)c3O)cc2)n1. The van der Waals surface area contributed by atoms with E-state index in [4.69, 9.17) is 4.74 Å². The molecule has 6 nitrogen and oxygen atoms in total. The Morgan fingerprint density at radius 3 is 2.35 bits per heavy atom. The number of nitrogens with zero attached hydrogens (tertiary/aromatic N) is 2. The zero-order valence-electron chi connectivity index (χ0n) is 14.9. The fourth-order valence-electron chi connectivity index (χ4n) is 2.70. The molecule has 0 atom stereocenters. The molecule has 0 saturated heterocycles. The summed E-state index contributed by atoms with van der Waals surface area (Å²) in [6.45, 7) is 5.62. The first-order valence-corrected chi connectivity index (χ1v) is 8.18. The summed E-state index contributed by atoms with van der Waals surface area (Å²) in [6.07, 6.45) is 0. The molecule has 0 aliphatic heterocycles. The van der Waals surface area contributed by atoms with E-state index in [0.29, 0.717) is 5.56 Å². The maximum Gasteiger partial charge on any atom is 0.342 e. The summed E-state index contributed by atoms with van der Waals surface area (Å²) in [5, 5.41) is 24.0. The summed E-state index contributed by atoms with van der Waals surface area (Å²) in [5.41, 5.74) is 4.13. The van der Waals surface area contributed by atoms with E-state index in [1.165, 1.54) is 6.07 Å². The number of carbonyl (C=O) groups excluding carboxylic acids is 1. The second kappa shape index (κ2) is 6.92. The van der Waals surface area contributed by atoms with E-state index in [9.17, 15) is 15.0 Å². The molecule has 0 spiro atoms. The Bertz CT molecular complexity index is 959. The second-order valence-corrected chi connectivity index (χ2v) is 6.21. The number of aromatic nitrogens is 2. The lowest BCUT2D eigenvalue weighted by molar-refractivity contribution is 0.0468. The van der Waals surface area contributed by atoms with E-state index in [2.05, 4.69) is 5.10 Å². The maximum absolute atomic E-state index is 12.1. The van der Waals surface area contributed by atoms with Gasteiger partial charge < -0.3 is 14.9 Å². The lowest BCUT2D eigenvalue weighted by Crippen LogP contribution is -2.06. The zero-order chi connectivity index (χ0) is 18.8. The van der Waals surface area contributed by atoms with Crippen molar-refractivity contribution in [3.8, 4) is 17.2 Å². The molecule has 0 unspecified atom stereocenters. The van der Waals surface area contributed by atoms with Crippen LogP contribution in [-0.2, 0) is 11.3 Å². The average molecular weight is 352 g/mol. The fraction of sp³-hybridized carbons (Fsp3) is 0.200. The number of phenols is 2. The van der Waals surface area contributed by atoms with E-state index < -0.39 is 11.7 Å². The number of esters is 1. The third kappa shape index (κ3) is 3.39. The minimum absolute atomic E-state index is 0.0598. The topological polar surface area (TPSA) is 84.6 Å². The summed E-state index contributed by atoms with van der Waals surface area (Å²) < 4.78 is 7.08. The molecule has 3 rings (SSSR count). The van der Waals surface area contributed by atoms with Crippen LogP contribution in [-0.4, -0.2) is 26.0 Å². The van der Waals surface area contributed by atoms with Crippen LogP contribution in [0.2, 0.25) is 0 Å². The minimum atomic E-state index is -0.694. The van der Waals surface area contributed by atoms with Crippen LogP contribution in [0.1, 0.15) is 32.9 Å². The Morgan fingerprint density at radius 2 is 1.73 bits per heavy atom. The highest BCUT2D eigenvalue weighted by Gasteiger charge is 2.17. The largest absolute Gasteiger partial charge is 0.504 e. The van der Waals surface area contributed by atoms with Gasteiger partial charge in [-0.25, -0.2) is 9.48 Å². The van der Waals surface area contributed by atoms with Crippen molar-refractivity contribution in [2.24, 2.45) is 0 Å². The predicted molar refractivity (Wildman–Crippen MR) is 96.7 cm³/mol. The molecule has 3 aromatic rings. The Hall–Kier alpha value is -3.28. The van der Waals surface area contributed by atoms with E-state index >= 15 is 0 Å². The molecular weight excluding hydrogens is 332 g/mol. The van der Waals surface area contributed by atoms with Crippen molar-refractivity contribution in [3.63, 3.8) is 0 Å². The Morgan fingerprint density at radius 1 is 1.04 bits per heavy atom. The van der Waals surface area contributed by atoms with E-state index in [1.54, 1.807) is 13.0 Å². The van der Waals surface area contributed by atoms with Crippen LogP contribution in [0.5, 0.6) is 11.5 Å². The molecule has 0 aliphatic carbocycles. The molecule has 0 aliphatic rings. The van der Waals surface area contributed by atoms with Gasteiger partial charge in [0.2, 0.25) is 0 Å². The Balaban J connectivity index is 1.69. The number of rotatable bonds is 4. The van der Waals surface area contributed by atoms with Crippen molar-refractivity contribution >= 4 is 5.97 Å². The summed E-state index contributed by atoms with van der Waals surface area (Å²) in [4.78, 5) is 12.1. The molecule has 0 bridgehead atoms. The standard InChI is InChI=1S/C20H20N2O4/c1-12-4-9-17(19(24)18(12)23)20(25)26-11-15-5-7-16(8-6-15)22-14(3)10-13(2)21-22/h4-10,23-24H,11H2,1-3H3. The van der Waals surface area contributed by atoms with E-state index in [0.717, 1.165) is 22.6 Å². The highest BCUT2D eigenvalue weighted by atomic mass is 16.5. The second-order valence-electron chi connectivity index (χ2n) is 6.21. The van der Waals surface area contributed by atoms with Gasteiger partial charge in [-0.2, -0.15) is 5.10 Å². The number of phenolic OH excluding ortho intramolecular Hbond substituents is 2. The minimum Gasteiger partial charge on any atom is -0.504 e. The van der Waals surface area contributed by atoms with Crippen LogP contribution in [0.25, 0.3) is 5.69 Å². The molecular formula is C20H20N2O4. The smallest absolute Gasteiger partial charge is 0.342 e. The van der Waals surface area contributed by atoms with Crippen molar-refractivity contribution < 1.29 is 19.7 Å². The van der Waals surface area contributed by atoms with Crippen molar-refractivity contribution in [3.05, 3.63) is 70.5 Å². The molecule has 0 fully saturated rings. The molecule has 0 radical (unpaired) electrons. The molecule has 134 valence electrons. The lowest BCUT2D eigenvalue weighted by Gasteiger charge is -2.10. The van der Waals surface area contributed by atoms with E-state index in [1.807, 2.05) is 48.9 Å². The average Bonchev–Trinajstić information content (AvgIpc) is 2.96. The number of hydrogen-bond acceptors (Lipinski definition) is 5. The van der Waals surface area contributed by atoms with Crippen molar-refractivity contribution in [2.45, 2.75) is 27.4 Å². The van der Waals surface area contributed by atoms with Gasteiger partial charge in [0.05, 0.1) is 11.4 Å². The normalized spacial score (nSPS) is 10.7. The predicted octanol–water partition coefficient (Wildman–Crippen LogP) is 3.57. The maximum atomic E-state index is 12.1. The van der Waals surface area contributed by atoms with Gasteiger partial charge in [0.1, 0.15) is 12.2 Å². The summed E-state index contributed by atoms with van der Waals surface area (Å²) >= 11 is 0. The van der Waals surface area contributed by atoms with Gasteiger partial charge in [-0.05, 0) is 56.2 Å². The van der Waals surface area contributed by atoms with Crippen LogP contribution in [0, 0.1) is 20.8 Å². The van der Waals surface area contributed by atoms with Crippen molar-refractivity contribution in [1.82, 2.24) is 9.78 Å². The number of ether oxygens (including phenoxy) is 1. The summed E-state index contributed by atoms with van der Waals surface area (Å²) in [6, 6.07) is 12.5. The molecule has 1 heterocycles. The summed E-state index contributed by atoms with van der Waals surface area (Å²) in [5.74, 6) is -1.47. The van der Waals surface area contributed by atoms with Gasteiger partial charge in [0.15, 0.2) is 11.5 Å². The molecule has 26 heavy (non-hydrogen) atoms. The number of benzene rings is 2. The number of hydrogen-bond donors (Lipinski definition) is 2. The zero-order valence-corrected chi connectivity index (χ0v) is 14.9. The van der Waals surface area contributed by atoms with Crippen molar-refractivity contribution in [2.75, 3.05) is 0 Å². The molecule has 2 aromatic carbocycles. The van der Waals surface area contributed by atoms with E-state index in [-0.39, 0.29) is 17.9 Å². The molecule has 1 aromatic heterocycles. The first-order valence-electron chi connectivity index (χ1n) is 8.18. The quantitative estimate of drug-likeness (QED) is 0.554. The first-order chi connectivity index (χ1) is 12.4. The first kappa shape index (κ1) is 17.5. The molecule has 0 amide bonds. The van der Waals surface area contributed by atoms with Gasteiger partial charge in [0.25, 0.3) is 0 Å². The van der Waals surface area contributed by atoms with Crippen LogP contribution in [0.3, 0.4) is 0 Å². The fourth-order valence-corrected chi connectivity index (χ4v) is 2.70. The summed E-state index contributed by atoms with van der Waals surface area (Å²) in [7, 11) is 0. The van der Waals surface area contributed by atoms with Crippen LogP contribution in [0.15, 0.2) is 42.5 Å². The van der Waals surface area contributed by atoms with Crippen molar-refractivity contribution in [1.29, 1.82) is 0 Å². The molecule has 0 saturated carbocycles. The molecule has 6 heteroatoms. The van der Waals surface area contributed by atoms with Gasteiger partial charge in [0, 0.05) is 5.69 Å². The lowest BCUT2D eigenvalue weighted by atomic mass is 10.1. The van der Waals surface area contributed by atoms with Gasteiger partial charge >= 0.3 is 5.97 Å².